The third-order valence-corrected chi connectivity index (χ3v) is 8.53. The number of carbonyl (C=O) groups excluding carboxylic acids is 1. The molecule has 0 amide bonds. The van der Waals surface area contributed by atoms with Crippen molar-refractivity contribution in [2.45, 2.75) is 50.7 Å². The van der Waals surface area contributed by atoms with Gasteiger partial charge in [0, 0.05) is 7.05 Å². The van der Waals surface area contributed by atoms with E-state index < -0.39 is 49.1 Å². The molecule has 4 rings (SSSR count). The first-order valence-electron chi connectivity index (χ1n) is 12.2. The van der Waals surface area contributed by atoms with Crippen molar-refractivity contribution < 1.29 is 37.2 Å². The molecule has 1 aromatic carbocycles. The van der Waals surface area contributed by atoms with Gasteiger partial charge in [-0.3, -0.25) is 9.36 Å². The highest BCUT2D eigenvalue weighted by molar-refractivity contribution is 8.09. The zero-order valence-electron chi connectivity index (χ0n) is 22.1. The first-order chi connectivity index (χ1) is 18.8. The Morgan fingerprint density at radius 3 is 2.70 bits per heavy atom. The standard InChI is InChI=1S/C23H30F2N7O6PS/c1-5-35-18(33)13(2)31-39(40,38-14-9-7-6-8-10-14)36-11-23(25)19(34)22(3,24)20(37-23)32-12-28-15-16(27-4)29-21(26)30-17(15)32/h6-10,12-13,19-20,34H,5,11H2,1-4H3,(H,31,40)(H3,26,27,29,30)/t13-,19-,20+,22+,23+,39?/m0/s1. The number of nitrogens with zero attached hydrogens (tertiary/aromatic N) is 4. The van der Waals surface area contributed by atoms with Crippen molar-refractivity contribution in [3.63, 3.8) is 0 Å². The van der Waals surface area contributed by atoms with E-state index in [2.05, 4.69) is 25.4 Å². The Morgan fingerprint density at radius 1 is 1.35 bits per heavy atom. The molecule has 0 spiro atoms. The summed E-state index contributed by atoms with van der Waals surface area (Å²) in [5, 5.41) is 16.3. The van der Waals surface area contributed by atoms with E-state index in [4.69, 9.17) is 36.1 Å². The van der Waals surface area contributed by atoms with Gasteiger partial charge in [-0.1, -0.05) is 18.2 Å². The number of rotatable bonds is 11. The number of hydrogen-bond acceptors (Lipinski definition) is 12. The lowest BCUT2D eigenvalue weighted by molar-refractivity contribution is -0.202. The van der Waals surface area contributed by atoms with E-state index in [0.717, 1.165) is 11.5 Å². The van der Waals surface area contributed by atoms with Crippen LogP contribution in [0.4, 0.5) is 20.5 Å². The molecule has 1 aliphatic heterocycles. The number of nitrogen functional groups attached to an aromatic ring is 1. The molecule has 1 fully saturated rings. The second-order valence-corrected chi connectivity index (χ2v) is 12.2. The number of esters is 1. The van der Waals surface area contributed by atoms with Crippen LogP contribution in [-0.2, 0) is 30.6 Å². The third-order valence-electron chi connectivity index (χ3n) is 6.05. The molecule has 2 aromatic heterocycles. The maximum absolute atomic E-state index is 16.2. The molecule has 17 heteroatoms. The summed E-state index contributed by atoms with van der Waals surface area (Å²) in [5.41, 5.74) is 3.35. The Morgan fingerprint density at radius 2 is 2.05 bits per heavy atom. The lowest BCUT2D eigenvalue weighted by Crippen LogP contribution is -2.47. The van der Waals surface area contributed by atoms with Gasteiger partial charge in [0.05, 0.1) is 12.9 Å². The summed E-state index contributed by atoms with van der Waals surface area (Å²) in [6, 6.07) is 7.26. The van der Waals surface area contributed by atoms with E-state index in [0.29, 0.717) is 0 Å². The highest BCUT2D eigenvalue weighted by Crippen LogP contribution is 2.52. The molecule has 1 unspecified atom stereocenters. The number of imidazole rings is 1. The van der Waals surface area contributed by atoms with Gasteiger partial charge in [-0.25, -0.2) is 18.9 Å². The van der Waals surface area contributed by atoms with Gasteiger partial charge in [-0.2, -0.15) is 9.97 Å². The predicted molar refractivity (Wildman–Crippen MR) is 145 cm³/mol. The van der Waals surface area contributed by atoms with Crippen LogP contribution in [0, 0.1) is 0 Å². The summed E-state index contributed by atoms with van der Waals surface area (Å²) < 4.78 is 55.2. The van der Waals surface area contributed by atoms with E-state index in [9.17, 15) is 9.90 Å². The maximum Gasteiger partial charge on any atom is 0.323 e. The fourth-order valence-corrected chi connectivity index (χ4v) is 6.48. The second-order valence-electron chi connectivity index (χ2n) is 9.09. The second kappa shape index (κ2) is 11.5. The summed E-state index contributed by atoms with van der Waals surface area (Å²) in [5.74, 6) is -3.36. The Labute approximate surface area is 233 Å². The monoisotopic (exact) mass is 601 g/mol. The first kappa shape index (κ1) is 30.0. The van der Waals surface area contributed by atoms with E-state index in [1.807, 2.05) is 0 Å². The van der Waals surface area contributed by atoms with Crippen molar-refractivity contribution in [3.05, 3.63) is 36.7 Å². The number of halogens is 2. The highest BCUT2D eigenvalue weighted by atomic mass is 32.5. The number of nitrogens with two attached hydrogens (primary N) is 1. The number of fused-ring (bicyclic) bond motifs is 1. The fraction of sp³-hybridized carbons (Fsp3) is 0.478. The van der Waals surface area contributed by atoms with Gasteiger partial charge >= 0.3 is 12.6 Å². The van der Waals surface area contributed by atoms with Crippen molar-refractivity contribution in [2.75, 3.05) is 31.3 Å². The largest absolute Gasteiger partial charge is 0.465 e. The van der Waals surface area contributed by atoms with Gasteiger partial charge in [0.2, 0.25) is 5.95 Å². The number of aromatic nitrogens is 4. The normalized spacial score (nSPS) is 26.8. The van der Waals surface area contributed by atoms with E-state index in [1.165, 1.54) is 13.3 Å². The van der Waals surface area contributed by atoms with Crippen LogP contribution in [0.15, 0.2) is 36.7 Å². The van der Waals surface area contributed by atoms with Crippen LogP contribution in [0.1, 0.15) is 27.0 Å². The third kappa shape index (κ3) is 5.87. The number of benzene rings is 1. The van der Waals surface area contributed by atoms with E-state index in [1.54, 1.807) is 44.3 Å². The van der Waals surface area contributed by atoms with Crippen LogP contribution in [0.5, 0.6) is 5.75 Å². The number of anilines is 2. The van der Waals surface area contributed by atoms with E-state index in [-0.39, 0.29) is 35.3 Å². The van der Waals surface area contributed by atoms with Gasteiger partial charge in [-0.05, 0) is 44.7 Å². The minimum atomic E-state index is -3.71. The zero-order valence-corrected chi connectivity index (χ0v) is 23.8. The lowest BCUT2D eigenvalue weighted by atomic mass is 9.97. The quantitative estimate of drug-likeness (QED) is 0.187. The number of nitrogens with one attached hydrogen (secondary N) is 2. The molecule has 0 aliphatic carbocycles. The molecular weight excluding hydrogens is 571 g/mol. The smallest absolute Gasteiger partial charge is 0.323 e. The molecule has 0 radical (unpaired) electrons. The Balaban J connectivity index is 1.61. The summed E-state index contributed by atoms with van der Waals surface area (Å²) in [4.78, 5) is 24.5. The molecule has 5 N–H and O–H groups in total. The molecule has 40 heavy (non-hydrogen) atoms. The van der Waals surface area contributed by atoms with Crippen molar-refractivity contribution in [3.8, 4) is 5.75 Å². The maximum atomic E-state index is 16.2. The fourth-order valence-electron chi connectivity index (χ4n) is 4.08. The molecule has 3 aromatic rings. The number of aliphatic hydroxyl groups excluding tert-OH is 1. The predicted octanol–water partition coefficient (Wildman–Crippen LogP) is 2.60. The van der Waals surface area contributed by atoms with Crippen LogP contribution in [-0.4, -0.2) is 74.5 Å². The molecule has 1 aliphatic rings. The SMILES string of the molecule is CCOC(=O)[C@H](C)NP(=S)(OC[C@@]1(F)O[C@@H](n2cnc3c(NC)nc(N)nc32)[C@](C)(F)[C@@H]1O)Oc1ccccc1. The van der Waals surface area contributed by atoms with Gasteiger partial charge in [0.15, 0.2) is 35.0 Å². The average molecular weight is 602 g/mol. The molecule has 0 bridgehead atoms. The highest BCUT2D eigenvalue weighted by Gasteiger charge is 2.65. The molecule has 218 valence electrons. The van der Waals surface area contributed by atoms with Crippen LogP contribution in [0.2, 0.25) is 0 Å². The molecule has 6 atom stereocenters. The van der Waals surface area contributed by atoms with Crippen molar-refractivity contribution in [2.24, 2.45) is 0 Å². The number of hydrogen-bond donors (Lipinski definition) is 4. The van der Waals surface area contributed by atoms with Crippen molar-refractivity contribution >= 4 is 47.3 Å². The van der Waals surface area contributed by atoms with Gasteiger partial charge < -0.3 is 34.7 Å². The van der Waals surface area contributed by atoms with Crippen molar-refractivity contribution in [1.29, 1.82) is 0 Å². The topological polar surface area (TPSA) is 168 Å². The van der Waals surface area contributed by atoms with Crippen LogP contribution < -0.4 is 20.7 Å². The Kier molecular flexibility index (Phi) is 8.59. The molecule has 13 nitrogen and oxygen atoms in total. The number of ether oxygens (including phenoxy) is 2. The molecule has 3 heterocycles. The molecule has 1 saturated heterocycles. The number of alkyl halides is 2. The van der Waals surface area contributed by atoms with Crippen LogP contribution in [0.3, 0.4) is 0 Å². The Hall–Kier alpha value is -3.01. The lowest BCUT2D eigenvalue weighted by Gasteiger charge is -2.30. The average Bonchev–Trinajstić information content (AvgIpc) is 3.40. The van der Waals surface area contributed by atoms with E-state index >= 15 is 8.78 Å². The van der Waals surface area contributed by atoms with Crippen LogP contribution >= 0.6 is 6.64 Å². The van der Waals surface area contributed by atoms with Gasteiger partial charge in [0.1, 0.15) is 18.4 Å². The van der Waals surface area contributed by atoms with Gasteiger partial charge in [-0.15, -0.1) is 0 Å². The summed E-state index contributed by atoms with van der Waals surface area (Å²) in [6.07, 6.45) is -2.90. The number of aliphatic hydroxyl groups is 1. The first-order valence-corrected chi connectivity index (χ1v) is 14.8. The summed E-state index contributed by atoms with van der Waals surface area (Å²) in [7, 11) is 1.58. The van der Waals surface area contributed by atoms with Crippen molar-refractivity contribution in [1.82, 2.24) is 24.6 Å². The molecular formula is C23H30F2N7O6PS. The zero-order chi connectivity index (χ0) is 29.3. The van der Waals surface area contributed by atoms with Crippen LogP contribution in [0.25, 0.3) is 11.2 Å². The minimum Gasteiger partial charge on any atom is -0.465 e. The number of para-hydroxylation sites is 1. The number of carbonyl (C=O) groups is 1. The van der Waals surface area contributed by atoms with Gasteiger partial charge in [0.25, 0.3) is 5.85 Å². The Bertz CT molecular complexity index is 1420. The summed E-state index contributed by atoms with van der Waals surface area (Å²) in [6.45, 7) is -0.573. The summed E-state index contributed by atoms with van der Waals surface area (Å²) >= 11 is 5.56. The minimum absolute atomic E-state index is 0.0468. The molecule has 0 saturated carbocycles.